The Kier molecular flexibility index (Phi) is 4.42. The van der Waals surface area contributed by atoms with Gasteiger partial charge in [-0.25, -0.2) is 13.1 Å². The number of rotatable bonds is 4. The number of nitrogens with zero attached hydrogens (tertiary/aromatic N) is 1. The summed E-state index contributed by atoms with van der Waals surface area (Å²) in [6.07, 6.45) is 3.26. The Hall–Kier alpha value is -1.43. The van der Waals surface area contributed by atoms with Gasteiger partial charge in [-0.05, 0) is 49.2 Å². The van der Waals surface area contributed by atoms with Gasteiger partial charge in [0.25, 0.3) is 0 Å². The van der Waals surface area contributed by atoms with Gasteiger partial charge in [-0.15, -0.1) is 0 Å². The number of benzene rings is 1. The fraction of sp³-hybridized carbons (Fsp3) is 0.214. The highest BCUT2D eigenvalue weighted by Crippen LogP contribution is 2.24. The van der Waals surface area contributed by atoms with Crippen molar-refractivity contribution in [2.24, 2.45) is 0 Å². The molecule has 0 radical (unpaired) electrons. The number of sulfonamides is 1. The summed E-state index contributed by atoms with van der Waals surface area (Å²) in [5.74, 6) is 0. The molecule has 1 N–H and O–H groups in total. The lowest BCUT2D eigenvalue weighted by Gasteiger charge is -2.16. The molecule has 1 atom stereocenters. The van der Waals surface area contributed by atoms with E-state index in [4.69, 9.17) is 11.6 Å². The molecule has 1 heterocycles. The molecule has 0 aliphatic rings. The van der Waals surface area contributed by atoms with Gasteiger partial charge >= 0.3 is 0 Å². The van der Waals surface area contributed by atoms with E-state index in [0.717, 1.165) is 5.56 Å². The molecule has 1 aromatic carbocycles. The van der Waals surface area contributed by atoms with E-state index in [1.54, 1.807) is 56.6 Å². The lowest BCUT2D eigenvalue weighted by Crippen LogP contribution is -2.27. The van der Waals surface area contributed by atoms with Gasteiger partial charge < -0.3 is 0 Å². The van der Waals surface area contributed by atoms with Gasteiger partial charge in [0.05, 0.1) is 4.90 Å². The third kappa shape index (κ3) is 3.17. The maximum absolute atomic E-state index is 12.4. The first-order valence-corrected chi connectivity index (χ1v) is 7.95. The molecule has 0 saturated heterocycles. The Morgan fingerprint density at radius 3 is 2.50 bits per heavy atom. The van der Waals surface area contributed by atoms with Gasteiger partial charge in [0.1, 0.15) is 0 Å². The van der Waals surface area contributed by atoms with Gasteiger partial charge in [-0.2, -0.15) is 0 Å². The van der Waals surface area contributed by atoms with Gasteiger partial charge in [0.15, 0.2) is 0 Å². The average molecular weight is 311 g/mol. The van der Waals surface area contributed by atoms with Crippen molar-refractivity contribution in [3.05, 3.63) is 58.9 Å². The topological polar surface area (TPSA) is 59.1 Å². The predicted molar refractivity (Wildman–Crippen MR) is 79.2 cm³/mol. The van der Waals surface area contributed by atoms with Crippen LogP contribution in [0, 0.1) is 6.92 Å². The molecule has 4 nitrogen and oxygen atoms in total. The highest BCUT2D eigenvalue weighted by Gasteiger charge is 2.21. The monoisotopic (exact) mass is 310 g/mol. The average Bonchev–Trinajstić information content (AvgIpc) is 2.42. The van der Waals surface area contributed by atoms with Crippen LogP contribution in [0.25, 0.3) is 0 Å². The molecule has 20 heavy (non-hydrogen) atoms. The third-order valence-electron chi connectivity index (χ3n) is 3.05. The van der Waals surface area contributed by atoms with Crippen LogP contribution in [-0.2, 0) is 10.0 Å². The Morgan fingerprint density at radius 2 is 1.85 bits per heavy atom. The molecule has 2 rings (SSSR count). The molecule has 2 aromatic rings. The zero-order chi connectivity index (χ0) is 14.8. The molecule has 0 fully saturated rings. The normalized spacial score (nSPS) is 13.2. The van der Waals surface area contributed by atoms with Crippen LogP contribution in [0.2, 0.25) is 5.02 Å². The molecule has 0 saturated carbocycles. The van der Waals surface area contributed by atoms with E-state index in [1.807, 2.05) is 0 Å². The van der Waals surface area contributed by atoms with Crippen molar-refractivity contribution in [3.63, 3.8) is 0 Å². The number of pyridine rings is 1. The summed E-state index contributed by atoms with van der Waals surface area (Å²) in [6.45, 7) is 3.47. The summed E-state index contributed by atoms with van der Waals surface area (Å²) in [7, 11) is -3.62. The van der Waals surface area contributed by atoms with Crippen molar-refractivity contribution in [1.82, 2.24) is 9.71 Å². The van der Waals surface area contributed by atoms with Gasteiger partial charge in [-0.3, -0.25) is 4.98 Å². The number of halogens is 1. The van der Waals surface area contributed by atoms with E-state index in [0.29, 0.717) is 10.6 Å². The maximum atomic E-state index is 12.4. The third-order valence-corrected chi connectivity index (χ3v) is 5.14. The number of nitrogens with one attached hydrogen (secondary N) is 1. The van der Waals surface area contributed by atoms with Crippen LogP contribution < -0.4 is 4.72 Å². The summed E-state index contributed by atoms with van der Waals surface area (Å²) in [5, 5.41) is 0.435. The zero-order valence-electron chi connectivity index (χ0n) is 11.2. The fourth-order valence-electron chi connectivity index (χ4n) is 1.90. The predicted octanol–water partition coefficient (Wildman–Crippen LogP) is 3.08. The van der Waals surface area contributed by atoms with E-state index in [9.17, 15) is 8.42 Å². The molecule has 106 valence electrons. The standard InChI is InChI=1S/C14H15ClN2O2S/c1-10-13(15)4-3-5-14(10)20(18,19)17-11(2)12-6-8-16-9-7-12/h3-9,11,17H,1-2H3/t11-/m0/s1. The lowest BCUT2D eigenvalue weighted by atomic mass is 10.1. The number of hydrogen-bond donors (Lipinski definition) is 1. The summed E-state index contributed by atoms with van der Waals surface area (Å²) in [4.78, 5) is 4.11. The summed E-state index contributed by atoms with van der Waals surface area (Å²) < 4.78 is 27.4. The Labute approximate surface area is 123 Å². The van der Waals surface area contributed by atoms with Crippen LogP contribution >= 0.6 is 11.6 Å². The molecule has 0 bridgehead atoms. The minimum atomic E-state index is -3.62. The fourth-order valence-corrected chi connectivity index (χ4v) is 3.63. The van der Waals surface area contributed by atoms with E-state index >= 15 is 0 Å². The maximum Gasteiger partial charge on any atom is 0.241 e. The lowest BCUT2D eigenvalue weighted by molar-refractivity contribution is 0.566. The van der Waals surface area contributed by atoms with E-state index in [-0.39, 0.29) is 10.9 Å². The Morgan fingerprint density at radius 1 is 1.20 bits per heavy atom. The van der Waals surface area contributed by atoms with E-state index < -0.39 is 10.0 Å². The van der Waals surface area contributed by atoms with Crippen molar-refractivity contribution in [2.45, 2.75) is 24.8 Å². The molecular formula is C14H15ClN2O2S. The van der Waals surface area contributed by atoms with Gasteiger partial charge in [0.2, 0.25) is 10.0 Å². The van der Waals surface area contributed by atoms with Gasteiger partial charge in [0, 0.05) is 23.5 Å². The quantitative estimate of drug-likeness (QED) is 0.944. The molecule has 1 aromatic heterocycles. The van der Waals surface area contributed by atoms with Gasteiger partial charge in [-0.1, -0.05) is 17.7 Å². The first-order valence-electron chi connectivity index (χ1n) is 6.09. The highest BCUT2D eigenvalue weighted by molar-refractivity contribution is 7.89. The Balaban J connectivity index is 2.30. The van der Waals surface area contributed by atoms with Crippen LogP contribution in [0.4, 0.5) is 0 Å². The number of aromatic nitrogens is 1. The molecule has 0 aliphatic carbocycles. The molecule has 0 unspecified atom stereocenters. The van der Waals surface area contributed by atoms with Crippen molar-refractivity contribution in [1.29, 1.82) is 0 Å². The SMILES string of the molecule is Cc1c(Cl)cccc1S(=O)(=O)N[C@@H](C)c1ccncc1. The van der Waals surface area contributed by atoms with Crippen molar-refractivity contribution in [2.75, 3.05) is 0 Å². The largest absolute Gasteiger partial charge is 0.265 e. The minimum absolute atomic E-state index is 0.200. The first kappa shape index (κ1) is 15.0. The second-order valence-electron chi connectivity index (χ2n) is 4.49. The summed E-state index contributed by atoms with van der Waals surface area (Å²) >= 11 is 5.97. The van der Waals surface area contributed by atoms with E-state index in [2.05, 4.69) is 9.71 Å². The summed E-state index contributed by atoms with van der Waals surface area (Å²) in [5.41, 5.74) is 1.40. The van der Waals surface area contributed by atoms with Crippen LogP contribution in [0.1, 0.15) is 24.1 Å². The van der Waals surface area contributed by atoms with Crippen LogP contribution in [0.3, 0.4) is 0 Å². The van der Waals surface area contributed by atoms with E-state index in [1.165, 1.54) is 0 Å². The molecule has 0 spiro atoms. The van der Waals surface area contributed by atoms with Crippen LogP contribution in [-0.4, -0.2) is 13.4 Å². The molecule has 6 heteroatoms. The Bertz CT molecular complexity index is 702. The van der Waals surface area contributed by atoms with Crippen LogP contribution in [0.15, 0.2) is 47.6 Å². The molecule has 0 amide bonds. The first-order chi connectivity index (χ1) is 9.42. The summed E-state index contributed by atoms with van der Waals surface area (Å²) in [6, 6.07) is 8.04. The highest BCUT2D eigenvalue weighted by atomic mass is 35.5. The second-order valence-corrected chi connectivity index (χ2v) is 6.58. The van der Waals surface area contributed by atoms with Crippen LogP contribution in [0.5, 0.6) is 0 Å². The van der Waals surface area contributed by atoms with Crippen molar-refractivity contribution >= 4 is 21.6 Å². The molecule has 0 aliphatic heterocycles. The second kappa shape index (κ2) is 5.91. The number of hydrogen-bond acceptors (Lipinski definition) is 3. The smallest absolute Gasteiger partial charge is 0.241 e. The van der Waals surface area contributed by atoms with Crippen molar-refractivity contribution in [3.8, 4) is 0 Å². The minimum Gasteiger partial charge on any atom is -0.265 e. The molecular weight excluding hydrogens is 296 g/mol. The zero-order valence-corrected chi connectivity index (χ0v) is 12.7. The van der Waals surface area contributed by atoms with Crippen molar-refractivity contribution < 1.29 is 8.42 Å².